The summed E-state index contributed by atoms with van der Waals surface area (Å²) in [5.74, 6) is -0.0661. The summed E-state index contributed by atoms with van der Waals surface area (Å²) < 4.78 is 4.34. The summed E-state index contributed by atoms with van der Waals surface area (Å²) in [6.07, 6.45) is 0. The van der Waals surface area contributed by atoms with Crippen LogP contribution in [0.2, 0.25) is 0 Å². The lowest BCUT2D eigenvalue weighted by atomic mass is 10.2. The summed E-state index contributed by atoms with van der Waals surface area (Å²) in [6.45, 7) is 4.47. The minimum absolute atomic E-state index is 0.0968. The van der Waals surface area contributed by atoms with Gasteiger partial charge in [0, 0.05) is 6.54 Å². The average Bonchev–Trinajstić information content (AvgIpc) is 2.10. The van der Waals surface area contributed by atoms with E-state index in [0.29, 0.717) is 12.5 Å². The number of amides is 2. The topological polar surface area (TPSA) is 67.4 Å². The van der Waals surface area contributed by atoms with Crippen LogP contribution in [0.15, 0.2) is 0 Å². The normalized spacial score (nSPS) is 9.54. The highest BCUT2D eigenvalue weighted by Gasteiger charge is 2.04. The van der Waals surface area contributed by atoms with Gasteiger partial charge < -0.3 is 15.4 Å². The molecule has 0 aliphatic rings. The summed E-state index contributed by atoms with van der Waals surface area (Å²) in [6, 6.07) is -0.348. The molecule has 0 aromatic carbocycles. The van der Waals surface area contributed by atoms with Gasteiger partial charge in [0.2, 0.25) is 0 Å². The maximum Gasteiger partial charge on any atom is 0.325 e. The molecule has 5 nitrogen and oxygen atoms in total. The molecule has 0 aromatic heterocycles. The van der Waals surface area contributed by atoms with Crippen molar-refractivity contribution in [2.45, 2.75) is 13.8 Å². The van der Waals surface area contributed by atoms with Crippen molar-refractivity contribution in [3.05, 3.63) is 0 Å². The zero-order valence-electron chi connectivity index (χ0n) is 8.22. The Balaban J connectivity index is 3.46. The molecule has 5 heteroatoms. The Hall–Kier alpha value is -1.26. The second kappa shape index (κ2) is 6.28. The zero-order valence-corrected chi connectivity index (χ0v) is 8.22. The van der Waals surface area contributed by atoms with Crippen LogP contribution < -0.4 is 10.6 Å². The molecule has 0 saturated carbocycles. The quantitative estimate of drug-likeness (QED) is 0.615. The maximum atomic E-state index is 10.9. The lowest BCUT2D eigenvalue weighted by Gasteiger charge is -2.08. The predicted octanol–water partition coefficient (Wildman–Crippen LogP) is 0.115. The molecule has 0 rings (SSSR count). The molecule has 76 valence electrons. The van der Waals surface area contributed by atoms with Gasteiger partial charge in [-0.25, -0.2) is 4.79 Å². The molecule has 0 saturated heterocycles. The van der Waals surface area contributed by atoms with Crippen LogP contribution in [0.4, 0.5) is 4.79 Å². The van der Waals surface area contributed by atoms with Gasteiger partial charge >= 0.3 is 12.0 Å². The summed E-state index contributed by atoms with van der Waals surface area (Å²) >= 11 is 0. The van der Waals surface area contributed by atoms with E-state index in [4.69, 9.17) is 0 Å². The summed E-state index contributed by atoms with van der Waals surface area (Å²) in [7, 11) is 1.27. The van der Waals surface area contributed by atoms with Gasteiger partial charge in [-0.2, -0.15) is 0 Å². The number of nitrogens with one attached hydrogen (secondary N) is 2. The number of carbonyl (C=O) groups is 2. The van der Waals surface area contributed by atoms with E-state index in [1.165, 1.54) is 7.11 Å². The van der Waals surface area contributed by atoms with Gasteiger partial charge in [0.25, 0.3) is 0 Å². The van der Waals surface area contributed by atoms with Crippen molar-refractivity contribution >= 4 is 12.0 Å². The largest absolute Gasteiger partial charge is 0.468 e. The standard InChI is InChI=1S/C8H16N2O3/c1-6(2)4-9-8(12)10-5-7(11)13-3/h6H,4-5H2,1-3H3,(H2,9,10,12). The highest BCUT2D eigenvalue weighted by atomic mass is 16.5. The highest BCUT2D eigenvalue weighted by molar-refractivity contribution is 5.80. The van der Waals surface area contributed by atoms with Gasteiger partial charge in [-0.1, -0.05) is 13.8 Å². The molecule has 0 unspecified atom stereocenters. The SMILES string of the molecule is COC(=O)CNC(=O)NCC(C)C. The van der Waals surface area contributed by atoms with Gasteiger partial charge in [-0.15, -0.1) is 0 Å². The third kappa shape index (κ3) is 7.11. The lowest BCUT2D eigenvalue weighted by Crippen LogP contribution is -2.40. The van der Waals surface area contributed by atoms with Crippen LogP contribution in [0.5, 0.6) is 0 Å². The monoisotopic (exact) mass is 188 g/mol. The fraction of sp³-hybridized carbons (Fsp3) is 0.750. The van der Waals surface area contributed by atoms with Crippen molar-refractivity contribution in [2.24, 2.45) is 5.92 Å². The Kier molecular flexibility index (Phi) is 5.67. The number of urea groups is 1. The Morgan fingerprint density at radius 3 is 2.38 bits per heavy atom. The van der Waals surface area contributed by atoms with Crippen LogP contribution in [-0.2, 0) is 9.53 Å². The fourth-order valence-electron chi connectivity index (χ4n) is 0.584. The first-order valence-corrected chi connectivity index (χ1v) is 4.14. The van der Waals surface area contributed by atoms with Crippen molar-refractivity contribution in [1.29, 1.82) is 0 Å². The van der Waals surface area contributed by atoms with E-state index in [1.54, 1.807) is 0 Å². The summed E-state index contributed by atoms with van der Waals surface area (Å²) in [5.41, 5.74) is 0. The van der Waals surface area contributed by atoms with Gasteiger partial charge in [0.15, 0.2) is 0 Å². The molecular weight excluding hydrogens is 172 g/mol. The maximum absolute atomic E-state index is 10.9. The summed E-state index contributed by atoms with van der Waals surface area (Å²) in [4.78, 5) is 21.5. The van der Waals surface area contributed by atoms with Crippen molar-refractivity contribution < 1.29 is 14.3 Å². The van der Waals surface area contributed by atoms with E-state index in [1.807, 2.05) is 13.8 Å². The number of ether oxygens (including phenoxy) is 1. The van der Waals surface area contributed by atoms with Gasteiger partial charge in [0.05, 0.1) is 7.11 Å². The molecule has 0 atom stereocenters. The Labute approximate surface area is 77.8 Å². The molecule has 0 fully saturated rings. The molecule has 0 heterocycles. The molecule has 0 aromatic rings. The number of hydrogen-bond donors (Lipinski definition) is 2. The first-order valence-electron chi connectivity index (χ1n) is 4.14. The molecule has 0 aliphatic heterocycles. The van der Waals surface area contributed by atoms with E-state index in [0.717, 1.165) is 0 Å². The number of hydrogen-bond acceptors (Lipinski definition) is 3. The molecule has 13 heavy (non-hydrogen) atoms. The van der Waals surface area contributed by atoms with E-state index < -0.39 is 5.97 Å². The Morgan fingerprint density at radius 2 is 1.92 bits per heavy atom. The first-order chi connectivity index (χ1) is 6.06. The predicted molar refractivity (Wildman–Crippen MR) is 48.3 cm³/mol. The van der Waals surface area contributed by atoms with Crippen molar-refractivity contribution in [3.8, 4) is 0 Å². The number of rotatable bonds is 4. The third-order valence-electron chi connectivity index (χ3n) is 1.29. The molecular formula is C8H16N2O3. The van der Waals surface area contributed by atoms with Crippen LogP contribution in [0, 0.1) is 5.92 Å². The number of esters is 1. The van der Waals surface area contributed by atoms with Crippen LogP contribution in [0.1, 0.15) is 13.8 Å². The second-order valence-electron chi connectivity index (χ2n) is 3.03. The molecule has 2 N–H and O–H groups in total. The van der Waals surface area contributed by atoms with Crippen molar-refractivity contribution in [3.63, 3.8) is 0 Å². The molecule has 0 bridgehead atoms. The summed E-state index contributed by atoms with van der Waals surface area (Å²) in [5, 5.41) is 4.97. The van der Waals surface area contributed by atoms with Crippen LogP contribution in [0.25, 0.3) is 0 Å². The molecule has 0 spiro atoms. The third-order valence-corrected chi connectivity index (χ3v) is 1.29. The lowest BCUT2D eigenvalue weighted by molar-refractivity contribution is -0.139. The zero-order chi connectivity index (χ0) is 10.3. The molecule has 0 radical (unpaired) electrons. The molecule has 0 aliphatic carbocycles. The fourth-order valence-corrected chi connectivity index (χ4v) is 0.584. The van der Waals surface area contributed by atoms with Gasteiger partial charge in [0.1, 0.15) is 6.54 Å². The van der Waals surface area contributed by atoms with Gasteiger partial charge in [-0.3, -0.25) is 4.79 Å². The molecule has 2 amide bonds. The van der Waals surface area contributed by atoms with E-state index >= 15 is 0 Å². The smallest absolute Gasteiger partial charge is 0.325 e. The van der Waals surface area contributed by atoms with Crippen LogP contribution >= 0.6 is 0 Å². The van der Waals surface area contributed by atoms with Crippen LogP contribution in [0.3, 0.4) is 0 Å². The van der Waals surface area contributed by atoms with E-state index in [-0.39, 0.29) is 12.6 Å². The van der Waals surface area contributed by atoms with E-state index in [9.17, 15) is 9.59 Å². The van der Waals surface area contributed by atoms with Gasteiger partial charge in [-0.05, 0) is 5.92 Å². The average molecular weight is 188 g/mol. The van der Waals surface area contributed by atoms with Crippen molar-refractivity contribution in [1.82, 2.24) is 10.6 Å². The Morgan fingerprint density at radius 1 is 1.31 bits per heavy atom. The Bertz CT molecular complexity index is 180. The number of methoxy groups -OCH3 is 1. The van der Waals surface area contributed by atoms with Crippen molar-refractivity contribution in [2.75, 3.05) is 20.2 Å². The highest BCUT2D eigenvalue weighted by Crippen LogP contribution is 1.86. The minimum Gasteiger partial charge on any atom is -0.468 e. The van der Waals surface area contributed by atoms with E-state index in [2.05, 4.69) is 15.4 Å². The van der Waals surface area contributed by atoms with Crippen LogP contribution in [-0.4, -0.2) is 32.2 Å². The second-order valence-corrected chi connectivity index (χ2v) is 3.03. The minimum atomic E-state index is -0.459. The number of carbonyl (C=O) groups excluding carboxylic acids is 2. The first kappa shape index (κ1) is 11.7.